The molecule has 0 aromatic heterocycles. The maximum Gasteiger partial charge on any atom is 0.407 e. The molecule has 1 aliphatic carbocycles. The summed E-state index contributed by atoms with van der Waals surface area (Å²) in [5, 5.41) is 33.6. The van der Waals surface area contributed by atoms with E-state index in [0.29, 0.717) is 6.07 Å². The summed E-state index contributed by atoms with van der Waals surface area (Å²) >= 11 is 5.91. The molecule has 0 aliphatic heterocycles. The van der Waals surface area contributed by atoms with Gasteiger partial charge in [-0.05, 0) is 34.7 Å². The van der Waals surface area contributed by atoms with Gasteiger partial charge in [0.2, 0.25) is 5.82 Å². The van der Waals surface area contributed by atoms with Gasteiger partial charge in [-0.15, -0.1) is 0 Å². The Morgan fingerprint density at radius 1 is 1.11 bits per heavy atom. The van der Waals surface area contributed by atoms with Gasteiger partial charge in [0.15, 0.2) is 0 Å². The standard InChI is InChI=1S/C25H22ClFN2O6/c26-20-12-22(29(33)34)21(27)11-18(20)24(31)23(30)9-10-28-25(32)35-13-19-16-7-3-1-5-14(16)15-6-2-4-8-17(15)19/h1-8,11-12,19,23-24,30-31H,9-10,13H2,(H,28,32). The van der Waals surface area contributed by atoms with Crippen molar-refractivity contribution < 1.29 is 29.1 Å². The molecule has 0 fully saturated rings. The Labute approximate surface area is 205 Å². The van der Waals surface area contributed by atoms with Crippen molar-refractivity contribution in [2.45, 2.75) is 24.5 Å². The predicted octanol–water partition coefficient (Wildman–Crippen LogP) is 4.71. The third-order valence-corrected chi connectivity index (χ3v) is 6.33. The van der Waals surface area contributed by atoms with Crippen LogP contribution < -0.4 is 5.32 Å². The van der Waals surface area contributed by atoms with E-state index in [2.05, 4.69) is 5.32 Å². The number of nitrogens with zero attached hydrogens (tertiary/aromatic N) is 1. The van der Waals surface area contributed by atoms with Crippen molar-refractivity contribution in [2.75, 3.05) is 13.2 Å². The van der Waals surface area contributed by atoms with Gasteiger partial charge in [-0.2, -0.15) is 4.39 Å². The second kappa shape index (κ2) is 10.4. The molecule has 0 bridgehead atoms. The highest BCUT2D eigenvalue weighted by Gasteiger charge is 2.29. The van der Waals surface area contributed by atoms with Crippen molar-refractivity contribution in [1.82, 2.24) is 5.32 Å². The summed E-state index contributed by atoms with van der Waals surface area (Å²) in [6, 6.07) is 17.4. The van der Waals surface area contributed by atoms with Crippen LogP contribution in [0.5, 0.6) is 0 Å². The molecular weight excluding hydrogens is 479 g/mol. The number of benzene rings is 3. The predicted molar refractivity (Wildman–Crippen MR) is 127 cm³/mol. The van der Waals surface area contributed by atoms with Crippen LogP contribution in [0.2, 0.25) is 5.02 Å². The summed E-state index contributed by atoms with van der Waals surface area (Å²) in [6.07, 6.45) is -3.81. The first-order valence-corrected chi connectivity index (χ1v) is 11.2. The Morgan fingerprint density at radius 2 is 1.71 bits per heavy atom. The summed E-state index contributed by atoms with van der Waals surface area (Å²) in [5.41, 5.74) is 3.34. The Hall–Kier alpha value is -3.53. The van der Waals surface area contributed by atoms with Gasteiger partial charge in [-0.3, -0.25) is 10.1 Å². The third kappa shape index (κ3) is 5.12. The van der Waals surface area contributed by atoms with E-state index in [1.165, 1.54) is 0 Å². The van der Waals surface area contributed by atoms with Gasteiger partial charge in [0.25, 0.3) is 0 Å². The van der Waals surface area contributed by atoms with Crippen LogP contribution in [-0.2, 0) is 4.74 Å². The molecule has 35 heavy (non-hydrogen) atoms. The molecule has 2 atom stereocenters. The van der Waals surface area contributed by atoms with Gasteiger partial charge in [0.1, 0.15) is 12.7 Å². The van der Waals surface area contributed by atoms with E-state index < -0.39 is 34.7 Å². The number of aliphatic hydroxyl groups excluding tert-OH is 2. The molecule has 1 amide bonds. The van der Waals surface area contributed by atoms with Crippen LogP contribution in [0.1, 0.15) is 35.1 Å². The Morgan fingerprint density at radius 3 is 2.31 bits per heavy atom. The molecule has 3 N–H and O–H groups in total. The van der Waals surface area contributed by atoms with E-state index in [1.54, 1.807) is 0 Å². The van der Waals surface area contributed by atoms with Crippen molar-refractivity contribution >= 4 is 23.4 Å². The van der Waals surface area contributed by atoms with Gasteiger partial charge < -0.3 is 20.3 Å². The van der Waals surface area contributed by atoms with Gasteiger partial charge in [-0.25, -0.2) is 4.79 Å². The number of hydrogen-bond acceptors (Lipinski definition) is 6. The van der Waals surface area contributed by atoms with Crippen molar-refractivity contribution in [3.63, 3.8) is 0 Å². The molecule has 2 unspecified atom stereocenters. The zero-order valence-electron chi connectivity index (χ0n) is 18.4. The molecule has 0 spiro atoms. The first kappa shape index (κ1) is 24.6. The van der Waals surface area contributed by atoms with Crippen LogP contribution in [0.15, 0.2) is 60.7 Å². The van der Waals surface area contributed by atoms with Crippen LogP contribution >= 0.6 is 11.6 Å². The largest absolute Gasteiger partial charge is 0.449 e. The maximum absolute atomic E-state index is 13.9. The van der Waals surface area contributed by atoms with Gasteiger partial charge in [0, 0.05) is 24.1 Å². The number of nitro groups is 1. The lowest BCUT2D eigenvalue weighted by molar-refractivity contribution is -0.387. The molecule has 0 radical (unpaired) electrons. The van der Waals surface area contributed by atoms with Crippen molar-refractivity contribution in [2.24, 2.45) is 0 Å². The first-order chi connectivity index (χ1) is 16.8. The minimum atomic E-state index is -1.61. The van der Waals surface area contributed by atoms with Crippen LogP contribution in [0.25, 0.3) is 11.1 Å². The summed E-state index contributed by atoms with van der Waals surface area (Å²) in [7, 11) is 0. The number of alkyl carbamates (subject to hydrolysis) is 1. The number of aliphatic hydroxyl groups is 2. The van der Waals surface area contributed by atoms with E-state index in [-0.39, 0.29) is 36.1 Å². The molecule has 3 aromatic rings. The molecular formula is C25H22ClFN2O6. The lowest BCUT2D eigenvalue weighted by atomic mass is 9.98. The average Bonchev–Trinajstić information content (AvgIpc) is 3.17. The normalized spacial score (nSPS) is 14.1. The van der Waals surface area contributed by atoms with Crippen molar-refractivity contribution in [3.05, 3.63) is 98.3 Å². The topological polar surface area (TPSA) is 122 Å². The smallest absolute Gasteiger partial charge is 0.407 e. The van der Waals surface area contributed by atoms with Gasteiger partial charge >= 0.3 is 11.8 Å². The Kier molecular flexibility index (Phi) is 7.30. The van der Waals surface area contributed by atoms with Crippen LogP contribution in [0, 0.1) is 15.9 Å². The number of halogens is 2. The van der Waals surface area contributed by atoms with Crippen LogP contribution in [0.3, 0.4) is 0 Å². The highest BCUT2D eigenvalue weighted by molar-refractivity contribution is 6.31. The SMILES string of the molecule is O=C(NCCC(O)C(O)c1cc(F)c([N+](=O)[O-])cc1Cl)OCC1c2ccccc2-c2ccccc21. The molecule has 0 saturated carbocycles. The van der Waals surface area contributed by atoms with Crippen molar-refractivity contribution in [3.8, 4) is 11.1 Å². The number of nitrogens with one attached hydrogen (secondary N) is 1. The highest BCUT2D eigenvalue weighted by atomic mass is 35.5. The van der Waals surface area contributed by atoms with E-state index >= 15 is 0 Å². The zero-order valence-corrected chi connectivity index (χ0v) is 19.1. The first-order valence-electron chi connectivity index (χ1n) is 10.9. The van der Waals surface area contributed by atoms with E-state index in [0.717, 1.165) is 28.3 Å². The highest BCUT2D eigenvalue weighted by Crippen LogP contribution is 2.44. The molecule has 4 rings (SSSR count). The number of nitro benzene ring substituents is 1. The van der Waals surface area contributed by atoms with E-state index in [4.69, 9.17) is 16.3 Å². The molecule has 0 heterocycles. The quantitative estimate of drug-likeness (QED) is 0.304. The molecule has 10 heteroatoms. The fourth-order valence-electron chi connectivity index (χ4n) is 4.25. The van der Waals surface area contributed by atoms with E-state index in [9.17, 15) is 29.5 Å². The maximum atomic E-state index is 13.9. The molecule has 1 aliphatic rings. The summed E-state index contributed by atoms with van der Waals surface area (Å²) in [5.74, 6) is -1.28. The number of ether oxygens (including phenoxy) is 1. The van der Waals surface area contributed by atoms with Gasteiger partial charge in [0.05, 0.1) is 16.0 Å². The monoisotopic (exact) mass is 500 g/mol. The van der Waals surface area contributed by atoms with Crippen LogP contribution in [-0.4, -0.2) is 40.5 Å². The fraction of sp³-hybridized carbons (Fsp3) is 0.240. The second-order valence-corrected chi connectivity index (χ2v) is 8.54. The molecule has 3 aromatic carbocycles. The average molecular weight is 501 g/mol. The van der Waals surface area contributed by atoms with Crippen molar-refractivity contribution in [1.29, 1.82) is 0 Å². The number of amides is 1. The molecule has 0 saturated heterocycles. The lowest BCUT2D eigenvalue weighted by Crippen LogP contribution is -2.30. The van der Waals surface area contributed by atoms with Gasteiger partial charge in [-0.1, -0.05) is 60.1 Å². The minimum Gasteiger partial charge on any atom is -0.449 e. The number of fused-ring (bicyclic) bond motifs is 3. The summed E-state index contributed by atoms with van der Waals surface area (Å²) in [4.78, 5) is 22.1. The lowest BCUT2D eigenvalue weighted by Gasteiger charge is -2.20. The molecule has 8 nitrogen and oxygen atoms in total. The van der Waals surface area contributed by atoms with Crippen LogP contribution in [0.4, 0.5) is 14.9 Å². The molecule has 182 valence electrons. The Bertz CT molecular complexity index is 1220. The zero-order chi connectivity index (χ0) is 25.1. The summed E-state index contributed by atoms with van der Waals surface area (Å²) < 4.78 is 19.3. The number of hydrogen-bond donors (Lipinski definition) is 3. The number of carbonyl (C=O) groups excluding carboxylic acids is 1. The minimum absolute atomic E-state index is 0.0397. The summed E-state index contributed by atoms with van der Waals surface area (Å²) in [6.45, 7) is 0.0880. The number of carbonyl (C=O) groups is 1. The Balaban J connectivity index is 1.30. The second-order valence-electron chi connectivity index (χ2n) is 8.14. The fourth-order valence-corrected chi connectivity index (χ4v) is 4.52. The van der Waals surface area contributed by atoms with E-state index in [1.807, 2.05) is 48.5 Å². The number of rotatable bonds is 8. The third-order valence-electron chi connectivity index (χ3n) is 6.00.